The third-order valence-electron chi connectivity index (χ3n) is 4.45. The van der Waals surface area contributed by atoms with Gasteiger partial charge in [-0.25, -0.2) is 4.79 Å². The van der Waals surface area contributed by atoms with E-state index in [4.69, 9.17) is 9.47 Å². The molecule has 1 N–H and O–H groups in total. The molecule has 0 saturated carbocycles. The maximum atomic E-state index is 12.4. The summed E-state index contributed by atoms with van der Waals surface area (Å²) in [5.74, 6) is 1.13. The second kappa shape index (κ2) is 6.59. The first kappa shape index (κ1) is 16.3. The largest absolute Gasteiger partial charge is 0.486 e. The van der Waals surface area contributed by atoms with Crippen LogP contribution in [0.3, 0.4) is 0 Å². The summed E-state index contributed by atoms with van der Waals surface area (Å²) in [6.07, 6.45) is -0.266. The lowest BCUT2D eigenvalue weighted by molar-refractivity contribution is -0.122. The van der Waals surface area contributed by atoms with Gasteiger partial charge in [0.25, 0.3) is 0 Å². The van der Waals surface area contributed by atoms with Crippen molar-refractivity contribution in [1.82, 2.24) is 14.5 Å². The van der Waals surface area contributed by atoms with E-state index in [0.29, 0.717) is 24.7 Å². The fourth-order valence-corrected chi connectivity index (χ4v) is 3.11. The van der Waals surface area contributed by atoms with Crippen molar-refractivity contribution in [2.75, 3.05) is 13.2 Å². The highest BCUT2D eigenvalue weighted by atomic mass is 16.6. The topological polar surface area (TPSA) is 74.5 Å². The minimum Gasteiger partial charge on any atom is -0.486 e. The number of carbonyl (C=O) groups excluding carboxylic acids is 1. The van der Waals surface area contributed by atoms with Crippen molar-refractivity contribution in [3.05, 3.63) is 59.0 Å². The molecular formula is C19H19N3O4. The Bertz CT molecular complexity index is 1020. The van der Waals surface area contributed by atoms with Crippen LogP contribution in [0.2, 0.25) is 0 Å². The molecule has 1 aliphatic heterocycles. The van der Waals surface area contributed by atoms with Gasteiger partial charge >= 0.3 is 5.69 Å². The number of fused-ring (bicyclic) bond motifs is 2. The quantitative estimate of drug-likeness (QED) is 0.767. The van der Waals surface area contributed by atoms with Crippen LogP contribution in [0.4, 0.5) is 0 Å². The summed E-state index contributed by atoms with van der Waals surface area (Å²) in [6.45, 7) is 0.641. The second-order valence-electron chi connectivity index (χ2n) is 6.22. The molecule has 7 heteroatoms. The van der Waals surface area contributed by atoms with Crippen molar-refractivity contribution in [1.29, 1.82) is 0 Å². The zero-order valence-electron chi connectivity index (χ0n) is 14.3. The van der Waals surface area contributed by atoms with Gasteiger partial charge in [0.2, 0.25) is 5.91 Å². The fourth-order valence-electron chi connectivity index (χ4n) is 3.11. The van der Waals surface area contributed by atoms with Crippen molar-refractivity contribution < 1.29 is 14.3 Å². The van der Waals surface area contributed by atoms with Gasteiger partial charge in [0.05, 0.1) is 17.6 Å². The summed E-state index contributed by atoms with van der Waals surface area (Å²) >= 11 is 0. The van der Waals surface area contributed by atoms with Crippen LogP contribution in [0.1, 0.15) is 0 Å². The van der Waals surface area contributed by atoms with E-state index in [1.807, 2.05) is 48.5 Å². The number of benzene rings is 2. The van der Waals surface area contributed by atoms with Gasteiger partial charge in [-0.2, -0.15) is 0 Å². The Morgan fingerprint density at radius 3 is 2.62 bits per heavy atom. The van der Waals surface area contributed by atoms with Crippen LogP contribution in [0, 0.1) is 0 Å². The molecule has 0 spiro atoms. The number of hydrogen-bond donors (Lipinski definition) is 1. The molecule has 1 aromatic heterocycles. The molecule has 26 heavy (non-hydrogen) atoms. The number of ether oxygens (including phenoxy) is 2. The predicted molar refractivity (Wildman–Crippen MR) is 96.5 cm³/mol. The van der Waals surface area contributed by atoms with E-state index < -0.39 is 0 Å². The van der Waals surface area contributed by atoms with Gasteiger partial charge in [0.15, 0.2) is 11.5 Å². The molecule has 0 fully saturated rings. The van der Waals surface area contributed by atoms with Crippen LogP contribution < -0.4 is 20.5 Å². The standard InChI is InChI=1S/C19H19N3O4/c1-21-14-6-2-3-7-15(14)22(19(21)24)11-18(23)20-10-13-12-25-16-8-4-5-9-17(16)26-13/h2-9,13H,10-12H2,1H3,(H,20,23). The summed E-state index contributed by atoms with van der Waals surface area (Å²) in [7, 11) is 1.70. The van der Waals surface area contributed by atoms with E-state index in [1.165, 1.54) is 9.13 Å². The molecule has 0 bridgehead atoms. The summed E-state index contributed by atoms with van der Waals surface area (Å²) < 4.78 is 14.5. The molecule has 4 rings (SSSR count). The second-order valence-corrected chi connectivity index (χ2v) is 6.22. The van der Waals surface area contributed by atoms with E-state index in [0.717, 1.165) is 11.0 Å². The van der Waals surface area contributed by atoms with E-state index >= 15 is 0 Å². The van der Waals surface area contributed by atoms with Gasteiger partial charge < -0.3 is 14.8 Å². The normalized spacial score (nSPS) is 15.8. The summed E-state index contributed by atoms with van der Waals surface area (Å²) in [5, 5.41) is 2.82. The Hall–Kier alpha value is -3.22. The fraction of sp³-hybridized carbons (Fsp3) is 0.263. The maximum Gasteiger partial charge on any atom is 0.329 e. The van der Waals surface area contributed by atoms with Crippen molar-refractivity contribution in [3.8, 4) is 11.5 Å². The van der Waals surface area contributed by atoms with Crippen LogP contribution in [0.25, 0.3) is 11.0 Å². The lowest BCUT2D eigenvalue weighted by Crippen LogP contribution is -2.42. The molecule has 1 unspecified atom stereocenters. The van der Waals surface area contributed by atoms with Crippen LogP contribution in [-0.4, -0.2) is 34.3 Å². The van der Waals surface area contributed by atoms with Gasteiger partial charge in [0.1, 0.15) is 19.3 Å². The molecule has 2 aromatic carbocycles. The predicted octanol–water partition coefficient (Wildman–Crippen LogP) is 1.30. The number of imidazole rings is 1. The molecule has 0 saturated heterocycles. The number of nitrogens with one attached hydrogen (secondary N) is 1. The zero-order valence-corrected chi connectivity index (χ0v) is 14.3. The number of para-hydroxylation sites is 4. The van der Waals surface area contributed by atoms with Gasteiger partial charge in [-0.05, 0) is 24.3 Å². The summed E-state index contributed by atoms with van der Waals surface area (Å²) in [4.78, 5) is 24.7. The molecule has 7 nitrogen and oxygen atoms in total. The van der Waals surface area contributed by atoms with Crippen LogP contribution in [-0.2, 0) is 18.4 Å². The molecular weight excluding hydrogens is 334 g/mol. The van der Waals surface area contributed by atoms with E-state index in [9.17, 15) is 9.59 Å². The highest BCUT2D eigenvalue weighted by molar-refractivity contribution is 5.80. The molecule has 134 valence electrons. The third-order valence-corrected chi connectivity index (χ3v) is 4.45. The first-order valence-electron chi connectivity index (χ1n) is 8.43. The average molecular weight is 353 g/mol. The molecule has 1 amide bonds. The number of hydrogen-bond acceptors (Lipinski definition) is 4. The van der Waals surface area contributed by atoms with Crippen molar-refractivity contribution in [2.45, 2.75) is 12.6 Å². The molecule has 3 aromatic rings. The highest BCUT2D eigenvalue weighted by Gasteiger charge is 2.21. The summed E-state index contributed by atoms with van der Waals surface area (Å²) in [5.41, 5.74) is 1.32. The molecule has 0 radical (unpaired) electrons. The molecule has 1 atom stereocenters. The van der Waals surface area contributed by atoms with Crippen LogP contribution in [0.15, 0.2) is 53.3 Å². The van der Waals surface area contributed by atoms with Crippen molar-refractivity contribution >= 4 is 16.9 Å². The van der Waals surface area contributed by atoms with E-state index in [-0.39, 0.29) is 24.2 Å². The van der Waals surface area contributed by atoms with Gasteiger partial charge in [0, 0.05) is 7.05 Å². The Morgan fingerprint density at radius 1 is 1.12 bits per heavy atom. The smallest absolute Gasteiger partial charge is 0.329 e. The monoisotopic (exact) mass is 353 g/mol. The van der Waals surface area contributed by atoms with Gasteiger partial charge in [-0.3, -0.25) is 13.9 Å². The number of carbonyl (C=O) groups is 1. The summed E-state index contributed by atoms with van der Waals surface area (Å²) in [6, 6.07) is 14.8. The molecule has 1 aliphatic rings. The average Bonchev–Trinajstić information content (AvgIpc) is 2.91. The number of rotatable bonds is 4. The minimum atomic E-state index is -0.266. The maximum absolute atomic E-state index is 12.4. The Kier molecular flexibility index (Phi) is 4.12. The van der Waals surface area contributed by atoms with E-state index in [1.54, 1.807) is 7.05 Å². The first-order chi connectivity index (χ1) is 12.6. The Labute approximate surface area is 149 Å². The number of amides is 1. The van der Waals surface area contributed by atoms with E-state index in [2.05, 4.69) is 5.32 Å². The van der Waals surface area contributed by atoms with Crippen molar-refractivity contribution in [3.63, 3.8) is 0 Å². The lowest BCUT2D eigenvalue weighted by atomic mass is 10.2. The molecule has 0 aliphatic carbocycles. The number of aromatic nitrogens is 2. The van der Waals surface area contributed by atoms with Crippen LogP contribution in [0.5, 0.6) is 11.5 Å². The highest BCUT2D eigenvalue weighted by Crippen LogP contribution is 2.30. The Morgan fingerprint density at radius 2 is 1.81 bits per heavy atom. The number of aryl methyl sites for hydroxylation is 1. The van der Waals surface area contributed by atoms with Gasteiger partial charge in [-0.15, -0.1) is 0 Å². The minimum absolute atomic E-state index is 0.0374. The SMILES string of the molecule is Cn1c(=O)n(CC(=O)NCC2COc3ccccc3O2)c2ccccc21. The van der Waals surface area contributed by atoms with Crippen LogP contribution >= 0.6 is 0 Å². The van der Waals surface area contributed by atoms with Crippen molar-refractivity contribution in [2.24, 2.45) is 7.05 Å². The zero-order chi connectivity index (χ0) is 18.1. The lowest BCUT2D eigenvalue weighted by Gasteiger charge is -2.26. The molecule has 2 heterocycles. The Balaban J connectivity index is 1.41. The van der Waals surface area contributed by atoms with Gasteiger partial charge in [-0.1, -0.05) is 24.3 Å². The first-order valence-corrected chi connectivity index (χ1v) is 8.43. The number of nitrogens with zero attached hydrogens (tertiary/aromatic N) is 2. The third kappa shape index (κ3) is 2.92.